The van der Waals surface area contributed by atoms with Gasteiger partial charge in [0.15, 0.2) is 0 Å². The number of methoxy groups -OCH3 is 2. The average Bonchev–Trinajstić information content (AvgIpc) is 2.86. The second-order valence-electron chi connectivity index (χ2n) is 9.25. The van der Waals surface area contributed by atoms with Gasteiger partial charge in [0.2, 0.25) is 5.91 Å². The number of hydrogen-bond acceptors (Lipinski definition) is 4. The molecule has 1 N–H and O–H groups in total. The van der Waals surface area contributed by atoms with Gasteiger partial charge in [-0.25, -0.2) is 0 Å². The number of amides is 2. The molecule has 1 aliphatic rings. The minimum atomic E-state index is -0.113. The van der Waals surface area contributed by atoms with Gasteiger partial charge in [0.05, 0.1) is 20.3 Å². The molecular weight excluding hydrogens is 452 g/mol. The zero-order valence-corrected chi connectivity index (χ0v) is 21.2. The lowest BCUT2D eigenvalue weighted by atomic mass is 9.93. The fourth-order valence-corrected chi connectivity index (χ4v) is 4.39. The van der Waals surface area contributed by atoms with Crippen LogP contribution in [0.4, 0.5) is 0 Å². The molecule has 2 aromatic rings. The Kier molecular flexibility index (Phi) is 9.22. The molecule has 6 nitrogen and oxygen atoms in total. The molecule has 7 heteroatoms. The summed E-state index contributed by atoms with van der Waals surface area (Å²) in [5.41, 5.74) is 1.59. The zero-order chi connectivity index (χ0) is 24.7. The molecule has 1 heterocycles. The van der Waals surface area contributed by atoms with Gasteiger partial charge in [0.25, 0.3) is 5.91 Å². The topological polar surface area (TPSA) is 67.9 Å². The first kappa shape index (κ1) is 25.9. The van der Waals surface area contributed by atoms with Gasteiger partial charge in [-0.3, -0.25) is 9.59 Å². The molecule has 0 bridgehead atoms. The first-order valence-electron chi connectivity index (χ1n) is 11.9. The maximum Gasteiger partial charge on any atom is 0.254 e. The normalized spacial score (nSPS) is 15.2. The van der Waals surface area contributed by atoms with Crippen molar-refractivity contribution in [1.29, 1.82) is 0 Å². The zero-order valence-electron chi connectivity index (χ0n) is 20.5. The number of halogens is 1. The van der Waals surface area contributed by atoms with E-state index in [1.165, 1.54) is 0 Å². The number of carbonyl (C=O) groups is 2. The Hall–Kier alpha value is -2.73. The fourth-order valence-electron chi connectivity index (χ4n) is 4.27. The quantitative estimate of drug-likeness (QED) is 0.508. The van der Waals surface area contributed by atoms with Gasteiger partial charge >= 0.3 is 0 Å². The molecule has 0 radical (unpaired) electrons. The van der Waals surface area contributed by atoms with E-state index in [-0.39, 0.29) is 23.8 Å². The van der Waals surface area contributed by atoms with E-state index in [0.717, 1.165) is 18.4 Å². The summed E-state index contributed by atoms with van der Waals surface area (Å²) in [4.78, 5) is 28.0. The van der Waals surface area contributed by atoms with Crippen molar-refractivity contribution < 1.29 is 19.1 Å². The lowest BCUT2D eigenvalue weighted by Crippen LogP contribution is -2.43. The number of benzene rings is 2. The van der Waals surface area contributed by atoms with Crippen molar-refractivity contribution >= 4 is 23.4 Å². The number of nitrogens with zero attached hydrogens (tertiary/aromatic N) is 1. The van der Waals surface area contributed by atoms with Gasteiger partial charge in [-0.05, 0) is 61.4 Å². The summed E-state index contributed by atoms with van der Waals surface area (Å²) in [6.45, 7) is 5.44. The molecule has 1 saturated heterocycles. The van der Waals surface area contributed by atoms with E-state index >= 15 is 0 Å². The third-order valence-corrected chi connectivity index (χ3v) is 6.62. The minimum Gasteiger partial charge on any atom is -0.497 e. The Morgan fingerprint density at radius 1 is 1.00 bits per heavy atom. The van der Waals surface area contributed by atoms with Crippen molar-refractivity contribution in [2.24, 2.45) is 11.8 Å². The van der Waals surface area contributed by atoms with E-state index in [2.05, 4.69) is 19.2 Å². The van der Waals surface area contributed by atoms with Gasteiger partial charge in [-0.2, -0.15) is 0 Å². The molecule has 0 aliphatic carbocycles. The van der Waals surface area contributed by atoms with Gasteiger partial charge in [-0.15, -0.1) is 0 Å². The summed E-state index contributed by atoms with van der Waals surface area (Å²) in [6.07, 6.45) is 3.16. The Labute approximate surface area is 207 Å². The molecule has 1 atom stereocenters. The number of nitrogens with one attached hydrogen (secondary N) is 1. The Morgan fingerprint density at radius 2 is 1.59 bits per heavy atom. The van der Waals surface area contributed by atoms with Crippen LogP contribution in [0.1, 0.15) is 61.5 Å². The number of likely N-dealkylation sites (tertiary alicyclic amines) is 1. The van der Waals surface area contributed by atoms with Crippen molar-refractivity contribution in [3.05, 3.63) is 58.6 Å². The van der Waals surface area contributed by atoms with Crippen LogP contribution in [0.15, 0.2) is 42.5 Å². The van der Waals surface area contributed by atoms with Crippen molar-refractivity contribution in [3.63, 3.8) is 0 Å². The molecule has 34 heavy (non-hydrogen) atoms. The van der Waals surface area contributed by atoms with E-state index in [1.807, 2.05) is 24.3 Å². The third kappa shape index (κ3) is 6.89. The first-order valence-corrected chi connectivity index (χ1v) is 12.3. The highest BCUT2D eigenvalue weighted by Crippen LogP contribution is 2.27. The standard InChI is InChI=1S/C27H35ClN2O4/c1-18(2)5-10-25(19-6-8-22(28)9-7-19)29-26(31)20-11-13-30(14-12-20)27(32)21-15-23(33-3)17-24(16-21)34-4/h6-9,15-18,20,25H,5,10-14H2,1-4H3,(H,29,31). The number of carbonyl (C=O) groups excluding carboxylic acids is 2. The van der Waals surface area contributed by atoms with E-state index in [1.54, 1.807) is 37.3 Å². The molecule has 3 rings (SSSR count). The van der Waals surface area contributed by atoms with Crippen LogP contribution in [-0.2, 0) is 4.79 Å². The highest BCUT2D eigenvalue weighted by atomic mass is 35.5. The Balaban J connectivity index is 1.61. The molecule has 2 amide bonds. The average molecular weight is 487 g/mol. The summed E-state index contributed by atoms with van der Waals surface area (Å²) < 4.78 is 10.6. The maximum atomic E-state index is 13.1. The smallest absolute Gasteiger partial charge is 0.254 e. The molecule has 0 aromatic heterocycles. The van der Waals surface area contributed by atoms with E-state index in [0.29, 0.717) is 53.9 Å². The summed E-state index contributed by atoms with van der Waals surface area (Å²) in [5.74, 6) is 1.57. The summed E-state index contributed by atoms with van der Waals surface area (Å²) in [5, 5.41) is 3.95. The lowest BCUT2D eigenvalue weighted by Gasteiger charge is -2.32. The number of rotatable bonds is 9. The first-order chi connectivity index (χ1) is 16.3. The number of hydrogen-bond donors (Lipinski definition) is 1. The monoisotopic (exact) mass is 486 g/mol. The van der Waals surface area contributed by atoms with Crippen molar-refractivity contribution in [1.82, 2.24) is 10.2 Å². The summed E-state index contributed by atoms with van der Waals surface area (Å²) in [7, 11) is 3.12. The van der Waals surface area contributed by atoms with Gasteiger partial charge < -0.3 is 19.7 Å². The van der Waals surface area contributed by atoms with Gasteiger partial charge in [0.1, 0.15) is 11.5 Å². The molecule has 1 fully saturated rings. The lowest BCUT2D eigenvalue weighted by molar-refractivity contribution is -0.127. The Bertz CT molecular complexity index is 947. The van der Waals surface area contributed by atoms with Crippen molar-refractivity contribution in [2.45, 2.75) is 45.6 Å². The van der Waals surface area contributed by atoms with Gasteiger partial charge in [0, 0.05) is 35.7 Å². The van der Waals surface area contributed by atoms with Crippen LogP contribution in [0.5, 0.6) is 11.5 Å². The van der Waals surface area contributed by atoms with E-state index in [9.17, 15) is 9.59 Å². The summed E-state index contributed by atoms with van der Waals surface area (Å²) in [6, 6.07) is 12.8. The van der Waals surface area contributed by atoms with Crippen LogP contribution >= 0.6 is 11.6 Å². The fraction of sp³-hybridized carbons (Fsp3) is 0.481. The SMILES string of the molecule is COc1cc(OC)cc(C(=O)N2CCC(C(=O)NC(CCC(C)C)c3ccc(Cl)cc3)CC2)c1. The highest BCUT2D eigenvalue weighted by Gasteiger charge is 2.29. The molecule has 184 valence electrons. The highest BCUT2D eigenvalue weighted by molar-refractivity contribution is 6.30. The molecule has 2 aromatic carbocycles. The van der Waals surface area contributed by atoms with Crippen LogP contribution in [0.25, 0.3) is 0 Å². The van der Waals surface area contributed by atoms with Crippen LogP contribution in [0, 0.1) is 11.8 Å². The molecule has 1 unspecified atom stereocenters. The largest absolute Gasteiger partial charge is 0.497 e. The predicted molar refractivity (Wildman–Crippen MR) is 135 cm³/mol. The van der Waals surface area contributed by atoms with Crippen LogP contribution < -0.4 is 14.8 Å². The molecule has 0 spiro atoms. The predicted octanol–water partition coefficient (Wildman–Crippen LogP) is 5.50. The van der Waals surface area contributed by atoms with Crippen LogP contribution in [0.2, 0.25) is 5.02 Å². The third-order valence-electron chi connectivity index (χ3n) is 6.37. The number of ether oxygens (including phenoxy) is 2. The van der Waals surface area contributed by atoms with Crippen LogP contribution in [0.3, 0.4) is 0 Å². The second-order valence-corrected chi connectivity index (χ2v) is 9.69. The van der Waals surface area contributed by atoms with Gasteiger partial charge in [-0.1, -0.05) is 37.6 Å². The Morgan fingerprint density at radius 3 is 2.12 bits per heavy atom. The van der Waals surface area contributed by atoms with E-state index in [4.69, 9.17) is 21.1 Å². The molecular formula is C27H35ClN2O4. The molecule has 1 aliphatic heterocycles. The van der Waals surface area contributed by atoms with Crippen molar-refractivity contribution in [3.8, 4) is 11.5 Å². The number of piperidine rings is 1. The minimum absolute atomic E-state index is 0.0453. The van der Waals surface area contributed by atoms with Crippen molar-refractivity contribution in [2.75, 3.05) is 27.3 Å². The van der Waals surface area contributed by atoms with Crippen LogP contribution in [-0.4, -0.2) is 44.0 Å². The molecule has 0 saturated carbocycles. The van der Waals surface area contributed by atoms with E-state index < -0.39 is 0 Å². The summed E-state index contributed by atoms with van der Waals surface area (Å²) >= 11 is 6.06. The second kappa shape index (κ2) is 12.1. The maximum absolute atomic E-state index is 13.1.